The van der Waals surface area contributed by atoms with E-state index in [1.165, 1.54) is 4.57 Å². The first kappa shape index (κ1) is 19.0. The van der Waals surface area contributed by atoms with Gasteiger partial charge in [-0.05, 0) is 36.6 Å². The lowest BCUT2D eigenvalue weighted by Gasteiger charge is -2.21. The third-order valence-corrected chi connectivity index (χ3v) is 5.77. The van der Waals surface area contributed by atoms with Crippen LogP contribution in [0.1, 0.15) is 35.1 Å². The highest BCUT2D eigenvalue weighted by Crippen LogP contribution is 2.31. The molecule has 4 aromatic rings. The number of fused-ring (bicyclic) bond motifs is 1. The van der Waals surface area contributed by atoms with Gasteiger partial charge in [0.15, 0.2) is 0 Å². The number of nitrogens with zero attached hydrogens (tertiary/aromatic N) is 3. The Morgan fingerprint density at radius 2 is 1.87 bits per heavy atom. The number of benzene rings is 2. The molecule has 2 aromatic heterocycles. The third-order valence-electron chi connectivity index (χ3n) is 5.77. The predicted octanol–water partition coefficient (Wildman–Crippen LogP) is 2.31. The quantitative estimate of drug-likeness (QED) is 0.533. The molecule has 1 amide bonds. The molecule has 2 N–H and O–H groups in total. The van der Waals surface area contributed by atoms with Crippen LogP contribution in [0.2, 0.25) is 0 Å². The second kappa shape index (κ2) is 7.09. The van der Waals surface area contributed by atoms with Gasteiger partial charge < -0.3 is 9.67 Å². The van der Waals surface area contributed by atoms with Crippen LogP contribution in [0, 0.1) is 0 Å². The minimum absolute atomic E-state index is 0.346. The largest absolute Gasteiger partial charge is 0.506 e. The van der Waals surface area contributed by atoms with E-state index in [1.54, 1.807) is 36.4 Å². The Hall–Kier alpha value is -3.94. The third kappa shape index (κ3) is 2.83. The molecule has 0 atom stereocenters. The Morgan fingerprint density at radius 1 is 1.10 bits per heavy atom. The minimum Gasteiger partial charge on any atom is -0.506 e. The smallest absolute Gasteiger partial charge is 0.280 e. The number of rotatable bonds is 3. The highest BCUT2D eigenvalue weighted by molar-refractivity contribution is 6.06. The number of para-hydroxylation sites is 2. The average Bonchev–Trinajstić information content (AvgIpc) is 2.79. The average molecular weight is 416 g/mol. The van der Waals surface area contributed by atoms with Crippen molar-refractivity contribution >= 4 is 27.7 Å². The lowest BCUT2D eigenvalue weighted by atomic mass is 9.99. The number of pyridine rings is 1. The Labute approximate surface area is 176 Å². The van der Waals surface area contributed by atoms with E-state index in [-0.39, 0.29) is 11.3 Å². The van der Waals surface area contributed by atoms with E-state index in [2.05, 4.69) is 10.4 Å². The molecule has 1 aliphatic heterocycles. The Kier molecular flexibility index (Phi) is 4.35. The van der Waals surface area contributed by atoms with Crippen LogP contribution in [0.5, 0.6) is 5.75 Å². The number of nitrogens with one attached hydrogen (secondary N) is 1. The van der Waals surface area contributed by atoms with E-state index in [0.717, 1.165) is 23.1 Å². The minimum atomic E-state index is -0.849. The van der Waals surface area contributed by atoms with Crippen molar-refractivity contribution in [2.45, 2.75) is 32.7 Å². The molecule has 0 bridgehead atoms. The summed E-state index contributed by atoms with van der Waals surface area (Å²) in [6.07, 6.45) is 1.96. The molecule has 3 heterocycles. The number of aromatic hydroxyl groups is 1. The van der Waals surface area contributed by atoms with Gasteiger partial charge >= 0.3 is 0 Å². The van der Waals surface area contributed by atoms with Gasteiger partial charge in [-0.2, -0.15) is 0 Å². The molecule has 0 spiro atoms. The van der Waals surface area contributed by atoms with Crippen LogP contribution in [0.15, 0.2) is 52.1 Å². The van der Waals surface area contributed by atoms with Crippen LogP contribution in [-0.2, 0) is 19.4 Å². The summed E-state index contributed by atoms with van der Waals surface area (Å²) in [5.74, 6) is -0.878. The van der Waals surface area contributed by atoms with Crippen LogP contribution < -0.4 is 16.5 Å². The fraction of sp³-hybridized carbons (Fsp3) is 0.217. The topological polar surface area (TPSA) is 106 Å². The monoisotopic (exact) mass is 416 g/mol. The second-order valence-corrected chi connectivity index (χ2v) is 7.58. The molecule has 8 nitrogen and oxygen atoms in total. The summed E-state index contributed by atoms with van der Waals surface area (Å²) >= 11 is 0. The maximum atomic E-state index is 13.2. The summed E-state index contributed by atoms with van der Waals surface area (Å²) in [5.41, 5.74) is 3.25. The first-order valence-corrected chi connectivity index (χ1v) is 10.2. The van der Waals surface area contributed by atoms with E-state index < -0.39 is 17.0 Å². The number of amides is 1. The summed E-state index contributed by atoms with van der Waals surface area (Å²) < 4.78 is 2.59. The number of hydrogen-bond acceptors (Lipinski definition) is 5. The van der Waals surface area contributed by atoms with Crippen molar-refractivity contribution < 1.29 is 9.90 Å². The molecule has 0 radical (unpaired) electrons. The Balaban J connectivity index is 1.69. The van der Waals surface area contributed by atoms with Gasteiger partial charge in [0.1, 0.15) is 17.1 Å². The van der Waals surface area contributed by atoms with E-state index in [0.29, 0.717) is 40.6 Å². The molecule has 156 valence electrons. The molecule has 0 saturated heterocycles. The van der Waals surface area contributed by atoms with Crippen LogP contribution in [0.4, 0.5) is 0 Å². The number of carbonyl (C=O) groups is 1. The molecule has 2 aromatic carbocycles. The number of aromatic nitrogens is 3. The molecule has 1 aliphatic rings. The molecule has 31 heavy (non-hydrogen) atoms. The molecule has 8 heteroatoms. The van der Waals surface area contributed by atoms with Gasteiger partial charge in [0.05, 0.1) is 16.4 Å². The van der Waals surface area contributed by atoms with E-state index in [9.17, 15) is 19.5 Å². The lowest BCUT2D eigenvalue weighted by molar-refractivity contribution is 0.100. The second-order valence-electron chi connectivity index (χ2n) is 7.58. The van der Waals surface area contributed by atoms with E-state index in [1.807, 2.05) is 13.0 Å². The first-order valence-electron chi connectivity index (χ1n) is 10.2. The molecule has 0 saturated carbocycles. The van der Waals surface area contributed by atoms with Crippen LogP contribution >= 0.6 is 0 Å². The number of aryl methyl sites for hydroxylation is 3. The van der Waals surface area contributed by atoms with Gasteiger partial charge in [-0.3, -0.25) is 19.8 Å². The van der Waals surface area contributed by atoms with Gasteiger partial charge in [-0.25, -0.2) is 9.66 Å². The lowest BCUT2D eigenvalue weighted by Crippen LogP contribution is -2.39. The zero-order chi connectivity index (χ0) is 21.7. The summed E-state index contributed by atoms with van der Waals surface area (Å²) in [4.78, 5) is 43.7. The van der Waals surface area contributed by atoms with Crippen LogP contribution in [-0.4, -0.2) is 25.2 Å². The normalized spacial score (nSPS) is 12.9. The maximum absolute atomic E-state index is 13.2. The summed E-state index contributed by atoms with van der Waals surface area (Å²) in [6.45, 7) is 2.28. The predicted molar refractivity (Wildman–Crippen MR) is 117 cm³/mol. The van der Waals surface area contributed by atoms with Gasteiger partial charge in [0.2, 0.25) is 0 Å². The van der Waals surface area contributed by atoms with Crippen molar-refractivity contribution in [1.82, 2.24) is 14.2 Å². The molecular weight excluding hydrogens is 396 g/mol. The highest BCUT2D eigenvalue weighted by atomic mass is 16.3. The SMILES string of the molecule is CCc1nc2ccccc2c(=O)n1NC(=O)c1c(O)c2cccc3c2n(c1=O)CCC3. The van der Waals surface area contributed by atoms with E-state index in [4.69, 9.17) is 0 Å². The molecule has 0 aliphatic carbocycles. The summed E-state index contributed by atoms with van der Waals surface area (Å²) in [7, 11) is 0. The highest BCUT2D eigenvalue weighted by Gasteiger charge is 2.26. The molecule has 0 unspecified atom stereocenters. The zero-order valence-electron chi connectivity index (χ0n) is 16.9. The molecule has 5 rings (SSSR count). The first-order chi connectivity index (χ1) is 15.0. The van der Waals surface area contributed by atoms with Gasteiger partial charge in [-0.15, -0.1) is 0 Å². The maximum Gasteiger partial charge on any atom is 0.280 e. The number of carbonyl (C=O) groups excluding carboxylic acids is 1. The Morgan fingerprint density at radius 3 is 2.68 bits per heavy atom. The van der Waals surface area contributed by atoms with E-state index >= 15 is 0 Å². The van der Waals surface area contributed by atoms with Gasteiger partial charge in [-0.1, -0.05) is 31.2 Å². The van der Waals surface area contributed by atoms with Gasteiger partial charge in [0.25, 0.3) is 17.0 Å². The van der Waals surface area contributed by atoms with Crippen molar-refractivity contribution in [1.29, 1.82) is 0 Å². The zero-order valence-corrected chi connectivity index (χ0v) is 16.9. The van der Waals surface area contributed by atoms with Crippen molar-refractivity contribution in [3.05, 3.63) is 80.1 Å². The van der Waals surface area contributed by atoms with Crippen molar-refractivity contribution in [2.24, 2.45) is 0 Å². The van der Waals surface area contributed by atoms with Crippen molar-refractivity contribution in [3.63, 3.8) is 0 Å². The molecular formula is C23H20N4O4. The standard InChI is InChI=1S/C23H20N4O4/c1-2-17-24-16-11-4-3-9-14(16)22(30)27(17)25-21(29)18-20(28)15-10-5-7-13-8-6-12-26(19(13)15)23(18)31/h3-5,7,9-11,28H,2,6,8,12H2,1H3,(H,25,29). The van der Waals surface area contributed by atoms with Gasteiger partial charge in [0, 0.05) is 18.4 Å². The fourth-order valence-corrected chi connectivity index (χ4v) is 4.31. The fourth-order valence-electron chi connectivity index (χ4n) is 4.31. The molecule has 0 fully saturated rings. The Bertz CT molecular complexity index is 1500. The summed E-state index contributed by atoms with van der Waals surface area (Å²) in [5, 5.41) is 11.6. The van der Waals surface area contributed by atoms with Crippen LogP contribution in [0.25, 0.3) is 21.8 Å². The van der Waals surface area contributed by atoms with Crippen LogP contribution in [0.3, 0.4) is 0 Å². The van der Waals surface area contributed by atoms with Crippen molar-refractivity contribution in [3.8, 4) is 5.75 Å². The summed E-state index contributed by atoms with van der Waals surface area (Å²) in [6, 6.07) is 12.3. The number of hydrogen-bond donors (Lipinski definition) is 2. The van der Waals surface area contributed by atoms with Crippen molar-refractivity contribution in [2.75, 3.05) is 5.43 Å².